The second kappa shape index (κ2) is 15.0. The number of esters is 6. The fourth-order valence-electron chi connectivity index (χ4n) is 4.30. The summed E-state index contributed by atoms with van der Waals surface area (Å²) in [6.45, 7) is 4.85. The van der Waals surface area contributed by atoms with Crippen molar-refractivity contribution in [2.24, 2.45) is 0 Å². The molecule has 1 unspecified atom stereocenters. The van der Waals surface area contributed by atoms with Gasteiger partial charge < -0.3 is 52.8 Å². The smallest absolute Gasteiger partial charge is 0.303 e. The molecule has 2 heterocycles. The van der Waals surface area contributed by atoms with Crippen molar-refractivity contribution in [1.29, 1.82) is 0 Å². The van der Waals surface area contributed by atoms with Crippen LogP contribution >= 0.6 is 0 Å². The molecule has 0 aromatic heterocycles. The van der Waals surface area contributed by atoms with Crippen molar-refractivity contribution in [2.45, 2.75) is 103 Å². The summed E-state index contributed by atoms with van der Waals surface area (Å²) in [5.74, 6) is -5.17. The highest BCUT2D eigenvalue weighted by atomic mass is 16.8. The lowest BCUT2D eigenvalue weighted by Crippen LogP contribution is -2.67. The quantitative estimate of drug-likeness (QED) is 0.206. The van der Waals surface area contributed by atoms with Crippen LogP contribution in [0.2, 0.25) is 0 Å². The van der Waals surface area contributed by atoms with Gasteiger partial charge in [-0.3, -0.25) is 28.8 Å². The molecule has 2 N–H and O–H groups in total. The van der Waals surface area contributed by atoms with Gasteiger partial charge in [0.1, 0.15) is 24.9 Å². The summed E-state index contributed by atoms with van der Waals surface area (Å²) < 4.78 is 48.5. The van der Waals surface area contributed by atoms with Crippen molar-refractivity contribution in [1.82, 2.24) is 0 Å². The Morgan fingerprint density at radius 1 is 0.561 bits per heavy atom. The minimum absolute atomic E-state index is 0.551. The van der Waals surface area contributed by atoms with Crippen LogP contribution in [0, 0.1) is 0 Å². The van der Waals surface area contributed by atoms with Gasteiger partial charge in [-0.1, -0.05) is 0 Å². The highest BCUT2D eigenvalue weighted by molar-refractivity contribution is 5.69. The molecule has 0 aromatic rings. The van der Waals surface area contributed by atoms with Crippen LogP contribution in [0.1, 0.15) is 41.5 Å². The lowest BCUT2D eigenvalue weighted by atomic mass is 9.96. The van der Waals surface area contributed by atoms with Crippen molar-refractivity contribution >= 4 is 35.8 Å². The summed E-state index contributed by atoms with van der Waals surface area (Å²) >= 11 is 0. The normalized spacial score (nSPS) is 33.1. The number of carbonyl (C=O) groups is 6. The zero-order valence-corrected chi connectivity index (χ0v) is 23.2. The van der Waals surface area contributed by atoms with Gasteiger partial charge in [-0.25, -0.2) is 0 Å². The molecular weight excluding hydrogens is 560 g/mol. The molecule has 17 nitrogen and oxygen atoms in total. The van der Waals surface area contributed by atoms with Crippen molar-refractivity contribution in [3.05, 3.63) is 0 Å². The Bertz CT molecular complexity index is 981. The van der Waals surface area contributed by atoms with Gasteiger partial charge in [0.2, 0.25) is 0 Å². The molecule has 41 heavy (non-hydrogen) atoms. The van der Waals surface area contributed by atoms with Crippen molar-refractivity contribution < 1.29 is 81.6 Å². The van der Waals surface area contributed by atoms with E-state index in [1.807, 2.05) is 0 Å². The molecule has 0 saturated carbocycles. The van der Waals surface area contributed by atoms with Crippen LogP contribution in [0.15, 0.2) is 0 Å². The van der Waals surface area contributed by atoms with E-state index in [0.29, 0.717) is 0 Å². The maximum Gasteiger partial charge on any atom is 0.303 e. The zero-order chi connectivity index (χ0) is 31.0. The number of carbonyl (C=O) groups excluding carboxylic acids is 6. The topological polar surface area (TPSA) is 226 Å². The van der Waals surface area contributed by atoms with E-state index in [1.165, 1.54) is 0 Å². The Morgan fingerprint density at radius 3 is 1.46 bits per heavy atom. The Labute approximate surface area is 234 Å². The summed E-state index contributed by atoms with van der Waals surface area (Å²) in [4.78, 5) is 71.2. The molecule has 0 radical (unpaired) electrons. The van der Waals surface area contributed by atoms with Crippen molar-refractivity contribution in [2.75, 3.05) is 13.2 Å². The van der Waals surface area contributed by atoms with Crippen LogP contribution in [-0.2, 0) is 71.4 Å². The van der Waals surface area contributed by atoms with Crippen LogP contribution in [0.5, 0.6) is 0 Å². The summed E-state index contributed by atoms with van der Waals surface area (Å²) in [6.07, 6.45) is -16.0. The van der Waals surface area contributed by atoms with E-state index in [4.69, 9.17) is 42.6 Å². The molecule has 0 amide bonds. The van der Waals surface area contributed by atoms with E-state index in [2.05, 4.69) is 0 Å². The Hall–Kier alpha value is -3.38. The number of aliphatic hydroxyl groups excluding tert-OH is 2. The van der Waals surface area contributed by atoms with Crippen molar-refractivity contribution in [3.8, 4) is 0 Å². The highest BCUT2D eigenvalue weighted by Crippen LogP contribution is 2.34. The second-order valence-corrected chi connectivity index (χ2v) is 9.06. The zero-order valence-electron chi connectivity index (χ0n) is 23.2. The molecule has 2 fully saturated rings. The minimum Gasteiger partial charge on any atom is -0.463 e. The van der Waals surface area contributed by atoms with Gasteiger partial charge in [-0.05, 0) is 0 Å². The lowest BCUT2D eigenvalue weighted by molar-refractivity contribution is -0.357. The van der Waals surface area contributed by atoms with E-state index in [0.717, 1.165) is 41.5 Å². The average molecular weight is 595 g/mol. The molecule has 0 bridgehead atoms. The third-order valence-electron chi connectivity index (χ3n) is 5.63. The molecular formula is C24H34O17. The van der Waals surface area contributed by atoms with Gasteiger partial charge in [0.15, 0.2) is 43.1 Å². The molecule has 10 atom stereocenters. The fourth-order valence-corrected chi connectivity index (χ4v) is 4.30. The first kappa shape index (κ1) is 33.8. The summed E-state index contributed by atoms with van der Waals surface area (Å²) in [6, 6.07) is 0. The Kier molecular flexibility index (Phi) is 12.4. The monoisotopic (exact) mass is 594 g/mol. The van der Waals surface area contributed by atoms with Gasteiger partial charge in [-0.15, -0.1) is 0 Å². The van der Waals surface area contributed by atoms with E-state index < -0.39 is 110 Å². The van der Waals surface area contributed by atoms with E-state index >= 15 is 0 Å². The van der Waals surface area contributed by atoms with Crippen molar-refractivity contribution in [3.63, 3.8) is 0 Å². The molecule has 2 saturated heterocycles. The third-order valence-corrected chi connectivity index (χ3v) is 5.63. The molecule has 2 rings (SSSR count). The van der Waals surface area contributed by atoms with Crippen LogP contribution in [-0.4, -0.2) is 121 Å². The van der Waals surface area contributed by atoms with Crippen LogP contribution in [0.4, 0.5) is 0 Å². The minimum atomic E-state index is -1.87. The Balaban J connectivity index is 2.60. The van der Waals surface area contributed by atoms with Gasteiger partial charge in [0, 0.05) is 41.5 Å². The number of hydrogen-bond acceptors (Lipinski definition) is 17. The summed E-state index contributed by atoms with van der Waals surface area (Å²) in [7, 11) is 0. The molecule has 0 aromatic carbocycles. The number of aliphatic hydroxyl groups is 2. The number of hydrogen-bond donors (Lipinski definition) is 2. The standard InChI is InChI=1S/C24H34O17/c1-9(26)33-8-16-18(34-10(2)27)20(36-12(4)29)22(38-14(6)31)24(40-16)41-17-15(7-25)39-23(32)21(37-13(5)30)19(17)35-11(3)28/h15-25,32H,7-8H2,1-6H3/t15-,16-,17-,18+,19+,20+,21-,22-,23?,24+/m1/s1. The second-order valence-electron chi connectivity index (χ2n) is 9.06. The highest BCUT2D eigenvalue weighted by Gasteiger charge is 2.57. The molecule has 232 valence electrons. The number of rotatable bonds is 10. The third kappa shape index (κ3) is 9.60. The first-order valence-corrected chi connectivity index (χ1v) is 12.4. The molecule has 0 aliphatic carbocycles. The van der Waals surface area contributed by atoms with E-state index in [9.17, 15) is 39.0 Å². The molecule has 17 heteroatoms. The van der Waals surface area contributed by atoms with E-state index in [1.54, 1.807) is 0 Å². The maximum absolute atomic E-state index is 12.1. The number of ether oxygens (including phenoxy) is 9. The van der Waals surface area contributed by atoms with Gasteiger partial charge in [0.25, 0.3) is 0 Å². The van der Waals surface area contributed by atoms with Gasteiger partial charge in [-0.2, -0.15) is 0 Å². The first-order chi connectivity index (χ1) is 19.1. The van der Waals surface area contributed by atoms with Crippen LogP contribution in [0.3, 0.4) is 0 Å². The van der Waals surface area contributed by atoms with Gasteiger partial charge >= 0.3 is 35.8 Å². The molecule has 2 aliphatic rings. The molecule has 2 aliphatic heterocycles. The van der Waals surface area contributed by atoms with Gasteiger partial charge in [0.05, 0.1) is 6.61 Å². The summed E-state index contributed by atoms with van der Waals surface area (Å²) in [5, 5.41) is 20.4. The maximum atomic E-state index is 12.1. The summed E-state index contributed by atoms with van der Waals surface area (Å²) in [5.41, 5.74) is 0. The van der Waals surface area contributed by atoms with Crippen LogP contribution in [0.25, 0.3) is 0 Å². The largest absolute Gasteiger partial charge is 0.463 e. The Morgan fingerprint density at radius 2 is 1.00 bits per heavy atom. The SMILES string of the molecule is CC(=O)OC[C@H]1O[C@@H](O[C@H]2[C@H](OC(C)=O)[C@@H](OC(C)=O)C(O)O[C@@H]2CO)[C@H](OC(C)=O)[C@@H](OC(C)=O)[C@H]1OC(C)=O. The average Bonchev–Trinajstić information content (AvgIpc) is 2.83. The van der Waals surface area contributed by atoms with E-state index in [-0.39, 0.29) is 0 Å². The van der Waals surface area contributed by atoms with Crippen LogP contribution < -0.4 is 0 Å². The lowest BCUT2D eigenvalue weighted by Gasteiger charge is -2.48. The fraction of sp³-hybridized carbons (Fsp3) is 0.750. The predicted molar refractivity (Wildman–Crippen MR) is 126 cm³/mol. The first-order valence-electron chi connectivity index (χ1n) is 12.4. The predicted octanol–water partition coefficient (Wildman–Crippen LogP) is -1.97. The molecule has 0 spiro atoms.